The van der Waals surface area contributed by atoms with Crippen LogP contribution < -0.4 is 11.1 Å². The Balaban J connectivity index is 1.75. The highest BCUT2D eigenvalue weighted by Gasteiger charge is 2.39. The van der Waals surface area contributed by atoms with Gasteiger partial charge in [0, 0.05) is 5.54 Å². The summed E-state index contributed by atoms with van der Waals surface area (Å²) in [7, 11) is 0. The molecule has 0 aromatic heterocycles. The lowest BCUT2D eigenvalue weighted by Gasteiger charge is -2.22. The van der Waals surface area contributed by atoms with Gasteiger partial charge in [0.15, 0.2) is 4.84 Å². The van der Waals surface area contributed by atoms with Crippen LogP contribution in [0.1, 0.15) is 30.1 Å². The molecule has 1 fully saturated rings. The van der Waals surface area contributed by atoms with Crippen LogP contribution in [-0.4, -0.2) is 28.6 Å². The van der Waals surface area contributed by atoms with E-state index in [4.69, 9.17) is 28.9 Å². The minimum Gasteiger partial charge on any atom is -0.386 e. The molecule has 4 nitrogen and oxygen atoms in total. The molecule has 0 radical (unpaired) electrons. The third-order valence-corrected chi connectivity index (χ3v) is 5.28. The van der Waals surface area contributed by atoms with Gasteiger partial charge >= 0.3 is 0 Å². The normalized spacial score (nSPS) is 17.4. The number of hydrogen-bond donors (Lipinski definition) is 3. The molecule has 0 unspecified atom stereocenters. The van der Waals surface area contributed by atoms with E-state index in [-0.39, 0.29) is 5.54 Å². The molecule has 0 aliphatic heterocycles. The first-order valence-corrected chi connectivity index (χ1v) is 9.54. The largest absolute Gasteiger partial charge is 0.386 e. The highest BCUT2D eigenvalue weighted by atomic mass is 35.5. The number of benzene rings is 2. The first-order chi connectivity index (χ1) is 12.8. The predicted molar refractivity (Wildman–Crippen MR) is 105 cm³/mol. The molecule has 1 aliphatic carbocycles. The standard InChI is InChI=1S/C20H21Cl2FN2O2/c21-18(22)19(27)25-16(11-23)17(26)13-6-4-12(5-7-13)14-2-1-3-15(10-14)20(24)8-9-20/h1-7,10,16-18,26H,8-9,11,24H2,(H,25,27)/t16-,17+/m1/s1. The molecular weight excluding hydrogens is 390 g/mol. The summed E-state index contributed by atoms with van der Waals surface area (Å²) in [5, 5.41) is 12.7. The summed E-state index contributed by atoms with van der Waals surface area (Å²) in [5.74, 6) is -0.746. The van der Waals surface area contributed by atoms with Crippen LogP contribution in [0.5, 0.6) is 0 Å². The molecule has 0 heterocycles. The minimum atomic E-state index is -1.32. The van der Waals surface area contributed by atoms with Crippen molar-refractivity contribution in [1.82, 2.24) is 5.32 Å². The molecule has 0 bridgehead atoms. The summed E-state index contributed by atoms with van der Waals surface area (Å²) in [6, 6.07) is 14.0. The Kier molecular flexibility index (Phi) is 6.06. The van der Waals surface area contributed by atoms with Gasteiger partial charge < -0.3 is 16.2 Å². The molecule has 1 amide bonds. The van der Waals surface area contributed by atoms with Crippen LogP contribution >= 0.6 is 23.2 Å². The van der Waals surface area contributed by atoms with E-state index in [9.17, 15) is 14.3 Å². The van der Waals surface area contributed by atoms with Crippen molar-refractivity contribution in [3.8, 4) is 11.1 Å². The number of hydrogen-bond acceptors (Lipinski definition) is 3. The number of alkyl halides is 3. The highest BCUT2D eigenvalue weighted by Crippen LogP contribution is 2.43. The maximum atomic E-state index is 13.3. The van der Waals surface area contributed by atoms with Crippen molar-refractivity contribution in [1.29, 1.82) is 0 Å². The Labute approximate surface area is 167 Å². The third kappa shape index (κ3) is 4.61. The monoisotopic (exact) mass is 410 g/mol. The first kappa shape index (κ1) is 20.1. The Hall–Kier alpha value is -1.66. The molecule has 7 heteroatoms. The lowest BCUT2D eigenvalue weighted by molar-refractivity contribution is -0.121. The van der Waals surface area contributed by atoms with Crippen LogP contribution in [0.3, 0.4) is 0 Å². The Morgan fingerprint density at radius 1 is 1.19 bits per heavy atom. The van der Waals surface area contributed by atoms with Crippen molar-refractivity contribution >= 4 is 29.1 Å². The van der Waals surface area contributed by atoms with Gasteiger partial charge in [-0.2, -0.15) is 0 Å². The van der Waals surface area contributed by atoms with E-state index in [0.717, 1.165) is 29.5 Å². The molecule has 2 aromatic rings. The summed E-state index contributed by atoms with van der Waals surface area (Å²) >= 11 is 10.9. The smallest absolute Gasteiger partial charge is 0.253 e. The molecule has 4 N–H and O–H groups in total. The van der Waals surface area contributed by atoms with Crippen molar-refractivity contribution in [3.05, 3.63) is 59.7 Å². The summed E-state index contributed by atoms with van der Waals surface area (Å²) in [6.45, 7) is -0.949. The molecule has 2 atom stereocenters. The zero-order chi connectivity index (χ0) is 19.6. The highest BCUT2D eigenvalue weighted by molar-refractivity contribution is 6.53. The second kappa shape index (κ2) is 8.15. The van der Waals surface area contributed by atoms with E-state index in [1.807, 2.05) is 30.3 Å². The van der Waals surface area contributed by atoms with Crippen molar-refractivity contribution < 1.29 is 14.3 Å². The third-order valence-electron chi connectivity index (χ3n) is 4.88. The Bertz CT molecular complexity index is 810. The fourth-order valence-corrected chi connectivity index (χ4v) is 3.11. The van der Waals surface area contributed by atoms with Crippen LogP contribution in [0.15, 0.2) is 48.5 Å². The number of nitrogens with two attached hydrogens (primary N) is 1. The molecule has 1 aliphatic rings. The van der Waals surface area contributed by atoms with Gasteiger partial charge in [0.25, 0.3) is 5.91 Å². The fraction of sp³-hybridized carbons (Fsp3) is 0.350. The van der Waals surface area contributed by atoms with Gasteiger partial charge in [-0.3, -0.25) is 4.79 Å². The van der Waals surface area contributed by atoms with Gasteiger partial charge in [-0.05, 0) is 41.2 Å². The van der Waals surface area contributed by atoms with E-state index < -0.39 is 29.6 Å². The van der Waals surface area contributed by atoms with E-state index in [2.05, 4.69) is 11.4 Å². The molecule has 0 spiro atoms. The zero-order valence-corrected chi connectivity index (χ0v) is 16.1. The van der Waals surface area contributed by atoms with E-state index in [1.54, 1.807) is 12.1 Å². The fourth-order valence-electron chi connectivity index (χ4n) is 2.98. The summed E-state index contributed by atoms with van der Waals surface area (Å²) < 4.78 is 13.3. The quantitative estimate of drug-likeness (QED) is 0.610. The van der Waals surface area contributed by atoms with Crippen molar-refractivity contribution in [2.45, 2.75) is 35.4 Å². The Morgan fingerprint density at radius 2 is 1.85 bits per heavy atom. The predicted octanol–water partition coefficient (Wildman–Crippen LogP) is 3.59. The number of aliphatic hydroxyl groups is 1. The van der Waals surface area contributed by atoms with Crippen molar-refractivity contribution in [2.24, 2.45) is 5.73 Å². The molecule has 3 rings (SSSR count). The van der Waals surface area contributed by atoms with E-state index in [1.165, 1.54) is 0 Å². The van der Waals surface area contributed by atoms with Gasteiger partial charge in [-0.1, -0.05) is 65.7 Å². The van der Waals surface area contributed by atoms with Gasteiger partial charge in [0.05, 0.1) is 6.04 Å². The SMILES string of the molecule is NC1(c2cccc(-c3ccc([C@H](O)[C@@H](CF)NC(=O)C(Cl)Cl)cc3)c2)CC1. The average molecular weight is 411 g/mol. The average Bonchev–Trinajstić information content (AvgIpc) is 3.44. The van der Waals surface area contributed by atoms with Crippen molar-refractivity contribution in [3.63, 3.8) is 0 Å². The maximum absolute atomic E-state index is 13.3. The second-order valence-corrected chi connectivity index (χ2v) is 7.97. The summed E-state index contributed by atoms with van der Waals surface area (Å²) in [6.07, 6.45) is 0.762. The van der Waals surface area contributed by atoms with Crippen molar-refractivity contribution in [2.75, 3.05) is 6.67 Å². The number of carbonyl (C=O) groups excluding carboxylic acids is 1. The molecule has 2 aromatic carbocycles. The van der Waals surface area contributed by atoms with Crippen LogP contribution in [0.25, 0.3) is 11.1 Å². The van der Waals surface area contributed by atoms with Gasteiger partial charge in [-0.15, -0.1) is 0 Å². The number of rotatable bonds is 7. The number of halogens is 3. The van der Waals surface area contributed by atoms with Crippen LogP contribution in [0.4, 0.5) is 4.39 Å². The summed E-state index contributed by atoms with van der Waals surface area (Å²) in [5.41, 5.74) is 9.63. The lowest BCUT2D eigenvalue weighted by Crippen LogP contribution is -2.43. The van der Waals surface area contributed by atoms with Gasteiger partial charge in [0.2, 0.25) is 0 Å². The summed E-state index contributed by atoms with van der Waals surface area (Å²) in [4.78, 5) is 10.2. The topological polar surface area (TPSA) is 75.3 Å². The molecular formula is C20H21Cl2FN2O2. The molecule has 27 heavy (non-hydrogen) atoms. The number of carbonyl (C=O) groups is 1. The van der Waals surface area contributed by atoms with E-state index >= 15 is 0 Å². The number of nitrogens with one attached hydrogen (secondary N) is 1. The maximum Gasteiger partial charge on any atom is 0.253 e. The molecule has 1 saturated carbocycles. The van der Waals surface area contributed by atoms with E-state index in [0.29, 0.717) is 5.56 Å². The van der Waals surface area contributed by atoms with Crippen LogP contribution in [0.2, 0.25) is 0 Å². The first-order valence-electron chi connectivity index (χ1n) is 8.66. The molecule has 144 valence electrons. The number of aliphatic hydroxyl groups excluding tert-OH is 1. The second-order valence-electron chi connectivity index (χ2n) is 6.87. The molecule has 0 saturated heterocycles. The minimum absolute atomic E-state index is 0.207. The lowest BCUT2D eigenvalue weighted by atomic mass is 9.96. The van der Waals surface area contributed by atoms with Crippen LogP contribution in [-0.2, 0) is 10.3 Å². The zero-order valence-electron chi connectivity index (χ0n) is 14.5. The Morgan fingerprint density at radius 3 is 2.41 bits per heavy atom. The van der Waals surface area contributed by atoms with Crippen LogP contribution in [0, 0.1) is 0 Å². The number of amides is 1. The van der Waals surface area contributed by atoms with Gasteiger partial charge in [0.1, 0.15) is 12.8 Å². The van der Waals surface area contributed by atoms with Gasteiger partial charge in [-0.25, -0.2) is 4.39 Å².